The number of benzene rings is 2. The zero-order valence-corrected chi connectivity index (χ0v) is 20.0. The van der Waals surface area contributed by atoms with Crippen LogP contribution in [0.15, 0.2) is 53.4 Å². The van der Waals surface area contributed by atoms with Crippen molar-refractivity contribution in [2.45, 2.75) is 30.7 Å². The Labute approximate surface area is 194 Å². The number of halogens is 1. The number of carbonyl (C=O) groups excluding carboxylic acids is 2. The third kappa shape index (κ3) is 5.56. The normalized spacial score (nSPS) is 16.7. The van der Waals surface area contributed by atoms with E-state index in [1.807, 2.05) is 11.8 Å². The molecule has 0 aromatic heterocycles. The molecule has 0 bridgehead atoms. The number of sulfonamides is 1. The minimum atomic E-state index is -3.58. The highest BCUT2D eigenvalue weighted by Gasteiger charge is 2.30. The Balaban J connectivity index is 1.58. The van der Waals surface area contributed by atoms with E-state index < -0.39 is 16.1 Å². The van der Waals surface area contributed by atoms with Gasteiger partial charge in [-0.2, -0.15) is 0 Å². The molecular formula is C23H28ClN3O4S. The topological polar surface area (TPSA) is 86.8 Å². The number of ketones is 1. The summed E-state index contributed by atoms with van der Waals surface area (Å²) in [6, 6.07) is 12.7. The van der Waals surface area contributed by atoms with E-state index in [9.17, 15) is 18.0 Å². The Hall–Kier alpha value is -2.26. The first-order chi connectivity index (χ1) is 15.1. The van der Waals surface area contributed by atoms with Crippen LogP contribution in [0.2, 0.25) is 5.02 Å². The predicted molar refractivity (Wildman–Crippen MR) is 125 cm³/mol. The molecule has 1 aliphatic heterocycles. The van der Waals surface area contributed by atoms with Crippen LogP contribution in [0.4, 0.5) is 5.69 Å². The summed E-state index contributed by atoms with van der Waals surface area (Å²) in [5.74, 6) is -0.181. The van der Waals surface area contributed by atoms with E-state index in [2.05, 4.69) is 5.32 Å². The van der Waals surface area contributed by atoms with Crippen LogP contribution in [0, 0.1) is 5.92 Å². The van der Waals surface area contributed by atoms with Gasteiger partial charge in [-0.3, -0.25) is 14.5 Å². The van der Waals surface area contributed by atoms with Gasteiger partial charge in [0.15, 0.2) is 5.78 Å². The average molecular weight is 478 g/mol. The molecular weight excluding hydrogens is 450 g/mol. The Kier molecular flexibility index (Phi) is 7.71. The number of hydrogen-bond donors (Lipinski definition) is 1. The molecule has 1 aliphatic rings. The standard InChI is InChI=1S/C23H28ClN3O4S/c1-16(23(29)25-20-5-4-6-21(15-20)32(30,31)26(2)3)27-13-11-18(12-14-27)22(28)17-7-9-19(24)10-8-17/h4-10,15-16,18H,11-14H2,1-3H3,(H,25,29). The summed E-state index contributed by atoms with van der Waals surface area (Å²) in [5, 5.41) is 3.41. The van der Waals surface area contributed by atoms with Crippen molar-refractivity contribution in [2.75, 3.05) is 32.5 Å². The number of likely N-dealkylation sites (tertiary alicyclic amines) is 1. The van der Waals surface area contributed by atoms with Gasteiger partial charge in [0.1, 0.15) is 0 Å². The molecule has 1 unspecified atom stereocenters. The quantitative estimate of drug-likeness (QED) is 0.616. The van der Waals surface area contributed by atoms with Crippen molar-refractivity contribution in [3.8, 4) is 0 Å². The van der Waals surface area contributed by atoms with Crippen molar-refractivity contribution in [2.24, 2.45) is 5.92 Å². The maximum Gasteiger partial charge on any atom is 0.242 e. The van der Waals surface area contributed by atoms with Crippen molar-refractivity contribution in [3.05, 3.63) is 59.1 Å². The number of Topliss-reactive ketones (excluding diaryl/α,β-unsaturated/α-hetero) is 1. The summed E-state index contributed by atoms with van der Waals surface area (Å²) < 4.78 is 25.8. The van der Waals surface area contributed by atoms with Gasteiger partial charge in [-0.15, -0.1) is 0 Å². The first kappa shape index (κ1) is 24.4. The second kappa shape index (κ2) is 10.1. The van der Waals surface area contributed by atoms with E-state index >= 15 is 0 Å². The molecule has 7 nitrogen and oxygen atoms in total. The second-order valence-electron chi connectivity index (χ2n) is 8.16. The lowest BCUT2D eigenvalue weighted by Crippen LogP contribution is -2.47. The van der Waals surface area contributed by atoms with Gasteiger partial charge >= 0.3 is 0 Å². The van der Waals surface area contributed by atoms with E-state index in [1.165, 1.54) is 26.2 Å². The number of nitrogens with zero attached hydrogens (tertiary/aromatic N) is 2. The van der Waals surface area contributed by atoms with Crippen LogP contribution in [-0.4, -0.2) is 62.5 Å². The van der Waals surface area contributed by atoms with Gasteiger partial charge in [0.05, 0.1) is 10.9 Å². The smallest absolute Gasteiger partial charge is 0.242 e. The molecule has 0 saturated carbocycles. The summed E-state index contributed by atoms with van der Waals surface area (Å²) in [6.45, 7) is 3.08. The van der Waals surface area contributed by atoms with Gasteiger partial charge in [0.2, 0.25) is 15.9 Å². The number of rotatable bonds is 7. The summed E-state index contributed by atoms with van der Waals surface area (Å²) in [5.41, 5.74) is 1.09. The summed E-state index contributed by atoms with van der Waals surface area (Å²) in [7, 11) is -0.659. The van der Waals surface area contributed by atoms with Crippen molar-refractivity contribution in [1.29, 1.82) is 0 Å². The van der Waals surface area contributed by atoms with Crippen LogP contribution >= 0.6 is 11.6 Å². The van der Waals surface area contributed by atoms with Crippen molar-refractivity contribution < 1.29 is 18.0 Å². The zero-order valence-electron chi connectivity index (χ0n) is 18.4. The van der Waals surface area contributed by atoms with Gasteiger partial charge in [-0.1, -0.05) is 17.7 Å². The number of carbonyl (C=O) groups is 2. The van der Waals surface area contributed by atoms with Crippen LogP contribution < -0.4 is 5.32 Å². The first-order valence-corrected chi connectivity index (χ1v) is 12.3. The molecule has 1 fully saturated rings. The van der Waals surface area contributed by atoms with Gasteiger partial charge in [-0.25, -0.2) is 12.7 Å². The minimum Gasteiger partial charge on any atom is -0.325 e. The molecule has 172 valence electrons. The van der Waals surface area contributed by atoms with Gasteiger partial charge in [0.25, 0.3) is 0 Å². The van der Waals surface area contributed by atoms with Crippen molar-refractivity contribution >= 4 is 39.0 Å². The molecule has 1 heterocycles. The molecule has 2 aromatic rings. The molecule has 0 aliphatic carbocycles. The van der Waals surface area contributed by atoms with Gasteiger partial charge in [-0.05, 0) is 75.3 Å². The van der Waals surface area contributed by atoms with E-state index in [4.69, 9.17) is 11.6 Å². The third-order valence-corrected chi connectivity index (χ3v) is 7.90. The zero-order chi connectivity index (χ0) is 23.5. The van der Waals surface area contributed by atoms with Crippen LogP contribution in [0.25, 0.3) is 0 Å². The molecule has 1 amide bonds. The molecule has 9 heteroatoms. The number of hydrogen-bond acceptors (Lipinski definition) is 5. The van der Waals surface area contributed by atoms with E-state index in [0.29, 0.717) is 42.2 Å². The lowest BCUT2D eigenvalue weighted by Gasteiger charge is -2.34. The molecule has 0 spiro atoms. The fourth-order valence-electron chi connectivity index (χ4n) is 3.76. The monoisotopic (exact) mass is 477 g/mol. The van der Waals surface area contributed by atoms with Crippen molar-refractivity contribution in [3.63, 3.8) is 0 Å². The number of amides is 1. The van der Waals surface area contributed by atoms with Crippen LogP contribution in [0.3, 0.4) is 0 Å². The highest BCUT2D eigenvalue weighted by Crippen LogP contribution is 2.24. The summed E-state index contributed by atoms with van der Waals surface area (Å²) in [4.78, 5) is 27.7. The molecule has 0 radical (unpaired) electrons. The molecule has 1 saturated heterocycles. The lowest BCUT2D eigenvalue weighted by molar-refractivity contribution is -0.121. The SMILES string of the molecule is CC(C(=O)Nc1cccc(S(=O)(=O)N(C)C)c1)N1CCC(C(=O)c2ccc(Cl)cc2)CC1. The van der Waals surface area contributed by atoms with Gasteiger partial charge < -0.3 is 5.32 Å². The van der Waals surface area contributed by atoms with E-state index in [0.717, 1.165) is 4.31 Å². The molecule has 1 N–H and O–H groups in total. The number of nitrogens with one attached hydrogen (secondary N) is 1. The van der Waals surface area contributed by atoms with Crippen LogP contribution in [-0.2, 0) is 14.8 Å². The largest absolute Gasteiger partial charge is 0.325 e. The van der Waals surface area contributed by atoms with E-state index in [1.54, 1.807) is 36.4 Å². The molecule has 32 heavy (non-hydrogen) atoms. The summed E-state index contributed by atoms with van der Waals surface area (Å²) in [6.07, 6.45) is 1.35. The summed E-state index contributed by atoms with van der Waals surface area (Å²) >= 11 is 5.90. The minimum absolute atomic E-state index is 0.0735. The van der Waals surface area contributed by atoms with E-state index in [-0.39, 0.29) is 22.5 Å². The Morgan fingerprint density at radius 1 is 1.09 bits per heavy atom. The highest BCUT2D eigenvalue weighted by atomic mass is 35.5. The van der Waals surface area contributed by atoms with Crippen LogP contribution in [0.1, 0.15) is 30.1 Å². The van der Waals surface area contributed by atoms with Crippen molar-refractivity contribution in [1.82, 2.24) is 9.21 Å². The fraction of sp³-hybridized carbons (Fsp3) is 0.391. The Morgan fingerprint density at radius 3 is 2.31 bits per heavy atom. The Morgan fingerprint density at radius 2 is 1.72 bits per heavy atom. The highest BCUT2D eigenvalue weighted by molar-refractivity contribution is 7.89. The number of anilines is 1. The maximum absolute atomic E-state index is 12.8. The van der Waals surface area contributed by atoms with Gasteiger partial charge in [0, 0.05) is 36.3 Å². The maximum atomic E-state index is 12.8. The second-order valence-corrected chi connectivity index (χ2v) is 10.8. The number of piperidine rings is 1. The predicted octanol–water partition coefficient (Wildman–Crippen LogP) is 3.51. The molecule has 3 rings (SSSR count). The first-order valence-electron chi connectivity index (χ1n) is 10.5. The molecule has 2 aromatic carbocycles. The Bertz CT molecular complexity index is 1080. The average Bonchev–Trinajstić information content (AvgIpc) is 2.78. The lowest BCUT2D eigenvalue weighted by atomic mass is 9.88. The van der Waals surface area contributed by atoms with Crippen LogP contribution in [0.5, 0.6) is 0 Å². The third-order valence-electron chi connectivity index (χ3n) is 5.84. The fourth-order valence-corrected chi connectivity index (χ4v) is 4.83. The molecule has 1 atom stereocenters.